The smallest absolute Gasteiger partial charge is 0.256 e. The van der Waals surface area contributed by atoms with Crippen molar-refractivity contribution in [1.82, 2.24) is 10.2 Å². The van der Waals surface area contributed by atoms with E-state index in [0.717, 1.165) is 12.1 Å². The van der Waals surface area contributed by atoms with E-state index in [1.54, 1.807) is 0 Å². The van der Waals surface area contributed by atoms with Gasteiger partial charge in [-0.05, 0) is 12.1 Å². The SMILES string of the molecule is CNC(=O)[C@@H]1CN(C(=O)c2ccc(F)cc2F)C[C@H]1COC. The van der Waals surface area contributed by atoms with Crippen molar-refractivity contribution >= 4 is 11.8 Å². The summed E-state index contributed by atoms with van der Waals surface area (Å²) >= 11 is 0. The van der Waals surface area contributed by atoms with E-state index in [0.29, 0.717) is 19.2 Å². The van der Waals surface area contributed by atoms with Crippen LogP contribution in [0.4, 0.5) is 8.78 Å². The summed E-state index contributed by atoms with van der Waals surface area (Å²) < 4.78 is 31.7. The summed E-state index contributed by atoms with van der Waals surface area (Å²) in [6, 6.07) is 2.83. The van der Waals surface area contributed by atoms with Gasteiger partial charge in [0.05, 0.1) is 18.1 Å². The molecule has 1 fully saturated rings. The van der Waals surface area contributed by atoms with Gasteiger partial charge < -0.3 is 15.0 Å². The highest BCUT2D eigenvalue weighted by atomic mass is 19.1. The zero-order valence-corrected chi connectivity index (χ0v) is 12.4. The summed E-state index contributed by atoms with van der Waals surface area (Å²) in [7, 11) is 3.04. The maximum atomic E-state index is 13.7. The third-order valence-corrected chi connectivity index (χ3v) is 3.85. The number of likely N-dealkylation sites (tertiary alicyclic amines) is 1. The summed E-state index contributed by atoms with van der Waals surface area (Å²) in [5.41, 5.74) is -0.199. The Morgan fingerprint density at radius 2 is 2.09 bits per heavy atom. The average Bonchev–Trinajstić information content (AvgIpc) is 2.90. The van der Waals surface area contributed by atoms with E-state index in [-0.39, 0.29) is 23.9 Å². The maximum Gasteiger partial charge on any atom is 0.256 e. The largest absolute Gasteiger partial charge is 0.384 e. The number of hydrogen-bond acceptors (Lipinski definition) is 3. The molecule has 1 aromatic carbocycles. The summed E-state index contributed by atoms with van der Waals surface area (Å²) in [4.78, 5) is 25.7. The lowest BCUT2D eigenvalue weighted by atomic mass is 9.96. The zero-order valence-electron chi connectivity index (χ0n) is 12.4. The fraction of sp³-hybridized carbons (Fsp3) is 0.467. The molecule has 7 heteroatoms. The topological polar surface area (TPSA) is 58.6 Å². The van der Waals surface area contributed by atoms with Gasteiger partial charge in [0.2, 0.25) is 5.91 Å². The van der Waals surface area contributed by atoms with E-state index in [1.165, 1.54) is 19.1 Å². The molecule has 22 heavy (non-hydrogen) atoms. The number of nitrogens with zero attached hydrogens (tertiary/aromatic N) is 1. The van der Waals surface area contributed by atoms with Crippen molar-refractivity contribution in [2.24, 2.45) is 11.8 Å². The molecule has 0 aromatic heterocycles. The Balaban J connectivity index is 2.18. The predicted molar refractivity (Wildman–Crippen MR) is 75.2 cm³/mol. The highest BCUT2D eigenvalue weighted by molar-refractivity contribution is 5.95. The Bertz CT molecular complexity index is 580. The lowest BCUT2D eigenvalue weighted by Crippen LogP contribution is -2.34. The van der Waals surface area contributed by atoms with Gasteiger partial charge in [-0.15, -0.1) is 0 Å². The van der Waals surface area contributed by atoms with Crippen molar-refractivity contribution in [1.29, 1.82) is 0 Å². The third kappa shape index (κ3) is 3.24. The number of carbonyl (C=O) groups excluding carboxylic acids is 2. The molecular formula is C15H18F2N2O3. The predicted octanol–water partition coefficient (Wildman–Crippen LogP) is 1.05. The minimum atomic E-state index is -0.906. The normalized spacial score (nSPS) is 21.0. The van der Waals surface area contributed by atoms with Crippen LogP contribution in [0.15, 0.2) is 18.2 Å². The van der Waals surface area contributed by atoms with E-state index in [1.807, 2.05) is 0 Å². The van der Waals surface area contributed by atoms with Crippen LogP contribution in [0.25, 0.3) is 0 Å². The fourth-order valence-electron chi connectivity index (χ4n) is 2.74. The number of rotatable bonds is 4. The van der Waals surface area contributed by atoms with E-state index in [9.17, 15) is 18.4 Å². The second kappa shape index (κ2) is 6.83. The molecule has 1 aromatic rings. The molecule has 2 atom stereocenters. The van der Waals surface area contributed by atoms with Crippen molar-refractivity contribution in [3.8, 4) is 0 Å². The monoisotopic (exact) mass is 312 g/mol. The van der Waals surface area contributed by atoms with Crippen LogP contribution in [-0.4, -0.2) is 50.6 Å². The van der Waals surface area contributed by atoms with Crippen molar-refractivity contribution in [3.05, 3.63) is 35.4 Å². The summed E-state index contributed by atoms with van der Waals surface area (Å²) in [5.74, 6) is -2.94. The molecule has 1 heterocycles. The number of ether oxygens (including phenoxy) is 1. The second-order valence-corrected chi connectivity index (χ2v) is 5.27. The van der Waals surface area contributed by atoms with Crippen LogP contribution in [0, 0.1) is 23.5 Å². The Morgan fingerprint density at radius 3 is 2.68 bits per heavy atom. The average molecular weight is 312 g/mol. The Morgan fingerprint density at radius 1 is 1.36 bits per heavy atom. The molecule has 1 saturated heterocycles. The molecule has 1 aliphatic rings. The summed E-state index contributed by atoms with van der Waals surface area (Å²) in [5, 5.41) is 2.56. The first-order chi connectivity index (χ1) is 10.5. The first-order valence-electron chi connectivity index (χ1n) is 6.92. The molecular weight excluding hydrogens is 294 g/mol. The van der Waals surface area contributed by atoms with Gasteiger partial charge in [-0.25, -0.2) is 8.78 Å². The van der Waals surface area contributed by atoms with Crippen LogP contribution in [0.3, 0.4) is 0 Å². The van der Waals surface area contributed by atoms with E-state index < -0.39 is 23.5 Å². The molecule has 0 aliphatic carbocycles. The lowest BCUT2D eigenvalue weighted by molar-refractivity contribution is -0.125. The minimum Gasteiger partial charge on any atom is -0.384 e. The molecule has 0 bridgehead atoms. The van der Waals surface area contributed by atoms with Gasteiger partial charge in [-0.1, -0.05) is 0 Å². The van der Waals surface area contributed by atoms with Gasteiger partial charge in [-0.3, -0.25) is 9.59 Å². The molecule has 0 unspecified atom stereocenters. The number of hydrogen-bond donors (Lipinski definition) is 1. The first-order valence-corrected chi connectivity index (χ1v) is 6.92. The number of amides is 2. The lowest BCUT2D eigenvalue weighted by Gasteiger charge is -2.16. The van der Waals surface area contributed by atoms with E-state index >= 15 is 0 Å². The number of nitrogens with one attached hydrogen (secondary N) is 1. The molecule has 0 spiro atoms. The van der Waals surface area contributed by atoms with Crippen LogP contribution in [0.5, 0.6) is 0 Å². The number of methoxy groups -OCH3 is 1. The summed E-state index contributed by atoms with van der Waals surface area (Å²) in [6.45, 7) is 0.804. The Hall–Kier alpha value is -2.02. The summed E-state index contributed by atoms with van der Waals surface area (Å²) in [6.07, 6.45) is 0. The van der Waals surface area contributed by atoms with Crippen molar-refractivity contribution in [3.63, 3.8) is 0 Å². The highest BCUT2D eigenvalue weighted by Crippen LogP contribution is 2.26. The number of carbonyl (C=O) groups is 2. The standard InChI is InChI=1S/C15H18F2N2O3/c1-18-14(20)12-7-19(6-9(12)8-22-2)15(21)11-4-3-10(16)5-13(11)17/h3-5,9,12H,6-8H2,1-2H3,(H,18,20)/t9-,12+/m0/s1. The molecule has 5 nitrogen and oxygen atoms in total. The van der Waals surface area contributed by atoms with Gasteiger partial charge in [0.1, 0.15) is 11.6 Å². The van der Waals surface area contributed by atoms with Crippen LogP contribution < -0.4 is 5.32 Å². The van der Waals surface area contributed by atoms with Gasteiger partial charge in [-0.2, -0.15) is 0 Å². The van der Waals surface area contributed by atoms with E-state index in [2.05, 4.69) is 5.32 Å². The molecule has 0 radical (unpaired) electrons. The highest BCUT2D eigenvalue weighted by Gasteiger charge is 2.39. The molecule has 2 rings (SSSR count). The Kier molecular flexibility index (Phi) is 5.07. The van der Waals surface area contributed by atoms with Crippen LogP contribution in [0.1, 0.15) is 10.4 Å². The number of halogens is 2. The zero-order chi connectivity index (χ0) is 16.3. The molecule has 1 aliphatic heterocycles. The van der Waals surface area contributed by atoms with E-state index in [4.69, 9.17) is 4.74 Å². The molecule has 2 amide bonds. The fourth-order valence-corrected chi connectivity index (χ4v) is 2.74. The van der Waals surface area contributed by atoms with Gasteiger partial charge in [0.25, 0.3) is 5.91 Å². The van der Waals surface area contributed by atoms with Crippen molar-refractivity contribution in [2.75, 3.05) is 33.9 Å². The molecule has 0 saturated carbocycles. The molecule has 1 N–H and O–H groups in total. The molecule has 120 valence electrons. The van der Waals surface area contributed by atoms with Crippen molar-refractivity contribution in [2.45, 2.75) is 0 Å². The maximum absolute atomic E-state index is 13.7. The Labute approximate surface area is 127 Å². The first kappa shape index (κ1) is 16.4. The van der Waals surface area contributed by atoms with Crippen LogP contribution in [-0.2, 0) is 9.53 Å². The minimum absolute atomic E-state index is 0.155. The second-order valence-electron chi connectivity index (χ2n) is 5.27. The van der Waals surface area contributed by atoms with Crippen LogP contribution in [0.2, 0.25) is 0 Å². The quantitative estimate of drug-likeness (QED) is 0.904. The third-order valence-electron chi connectivity index (χ3n) is 3.85. The van der Waals surface area contributed by atoms with Gasteiger partial charge in [0, 0.05) is 39.2 Å². The number of benzene rings is 1. The van der Waals surface area contributed by atoms with Gasteiger partial charge in [0.15, 0.2) is 0 Å². The van der Waals surface area contributed by atoms with Crippen molar-refractivity contribution < 1.29 is 23.1 Å². The van der Waals surface area contributed by atoms with Crippen LogP contribution >= 0.6 is 0 Å². The van der Waals surface area contributed by atoms with Gasteiger partial charge >= 0.3 is 0 Å².